The van der Waals surface area contributed by atoms with Gasteiger partial charge in [-0.05, 0) is 36.1 Å². The fraction of sp³-hybridized carbons (Fsp3) is 0.375. The first-order valence-electron chi connectivity index (χ1n) is 7.52. The third-order valence-electron chi connectivity index (χ3n) is 4.00. The lowest BCUT2D eigenvalue weighted by molar-refractivity contribution is -0.126. The first-order valence-corrected chi connectivity index (χ1v) is 8.69. The molecule has 0 aliphatic carbocycles. The largest absolute Gasteiger partial charge is 0.368 e. The average molecular weight is 398 g/mol. The molecule has 0 amide bonds. The van der Waals surface area contributed by atoms with Crippen LogP contribution in [0.1, 0.15) is 18.4 Å². The Hall–Kier alpha value is -1.37. The Balaban J connectivity index is 1.73. The fourth-order valence-electron chi connectivity index (χ4n) is 2.82. The number of nitrogens with two attached hydrogens (primary N) is 1. The molecule has 0 unspecified atom stereocenters. The molecule has 23 heavy (non-hydrogen) atoms. The summed E-state index contributed by atoms with van der Waals surface area (Å²) in [6.45, 7) is 1.87. The number of rotatable bonds is 3. The van der Waals surface area contributed by atoms with Gasteiger partial charge in [0.15, 0.2) is 0 Å². The molecule has 0 radical (unpaired) electrons. The lowest BCUT2D eigenvalue weighted by Crippen LogP contribution is -2.55. The molecule has 3 rings (SSSR count). The molecule has 0 aromatic heterocycles. The van der Waals surface area contributed by atoms with Crippen LogP contribution in [0.5, 0.6) is 0 Å². The summed E-state index contributed by atoms with van der Waals surface area (Å²) in [4.78, 5) is 16.0. The van der Waals surface area contributed by atoms with Crippen LogP contribution in [0, 0.1) is 0 Å². The summed E-state index contributed by atoms with van der Waals surface area (Å²) < 4.78 is 0.958. The van der Waals surface area contributed by atoms with Gasteiger partial charge in [0.1, 0.15) is 5.78 Å². The molecule has 1 aromatic rings. The van der Waals surface area contributed by atoms with Crippen LogP contribution in [0.4, 0.5) is 0 Å². The summed E-state index contributed by atoms with van der Waals surface area (Å²) in [5.74, 6) is 0.682. The first-order chi connectivity index (χ1) is 11.0. The van der Waals surface area contributed by atoms with Crippen LogP contribution in [0.25, 0.3) is 0 Å². The van der Waals surface area contributed by atoms with Crippen LogP contribution in [-0.2, 0) is 11.2 Å². The Kier molecular flexibility index (Phi) is 5.04. The molecule has 1 aromatic carbocycles. The van der Waals surface area contributed by atoms with Crippen LogP contribution in [0.2, 0.25) is 5.02 Å². The molecule has 5 nitrogen and oxygen atoms in total. The van der Waals surface area contributed by atoms with E-state index >= 15 is 0 Å². The van der Waals surface area contributed by atoms with Gasteiger partial charge in [0.2, 0.25) is 5.96 Å². The average Bonchev–Trinajstić information content (AvgIpc) is 2.52. The van der Waals surface area contributed by atoms with Crippen molar-refractivity contribution in [3.05, 3.63) is 45.0 Å². The smallest absolute Gasteiger partial charge is 0.211 e. The van der Waals surface area contributed by atoms with Gasteiger partial charge in [-0.15, -0.1) is 0 Å². The summed E-state index contributed by atoms with van der Waals surface area (Å²) in [6.07, 6.45) is 4.02. The lowest BCUT2D eigenvalue weighted by atomic mass is 10.1. The van der Waals surface area contributed by atoms with Crippen molar-refractivity contribution in [3.63, 3.8) is 0 Å². The SMILES string of the molecule is NC1=NC=C(Cc2ccc(Br)cc2Cl)CN1N1CCCC(=O)C1. The quantitative estimate of drug-likeness (QED) is 0.852. The summed E-state index contributed by atoms with van der Waals surface area (Å²) in [5, 5.41) is 4.61. The number of nitrogens with zero attached hydrogens (tertiary/aromatic N) is 3. The number of hydrogen-bond acceptors (Lipinski definition) is 5. The highest BCUT2D eigenvalue weighted by Gasteiger charge is 2.26. The number of hydrogen-bond donors (Lipinski definition) is 1. The number of halogens is 2. The van der Waals surface area contributed by atoms with Gasteiger partial charge in [0.25, 0.3) is 0 Å². The van der Waals surface area contributed by atoms with Crippen molar-refractivity contribution in [2.45, 2.75) is 19.3 Å². The van der Waals surface area contributed by atoms with Crippen LogP contribution in [0.15, 0.2) is 39.4 Å². The Morgan fingerprint density at radius 3 is 2.91 bits per heavy atom. The van der Waals surface area contributed by atoms with Crippen molar-refractivity contribution in [1.29, 1.82) is 0 Å². The summed E-state index contributed by atoms with van der Waals surface area (Å²) in [6, 6.07) is 5.87. The van der Waals surface area contributed by atoms with Crippen molar-refractivity contribution in [2.75, 3.05) is 19.6 Å². The number of ketones is 1. The topological polar surface area (TPSA) is 61.9 Å². The number of guanidine groups is 1. The molecule has 2 aliphatic rings. The van der Waals surface area contributed by atoms with Gasteiger partial charge in [-0.25, -0.2) is 10.0 Å². The van der Waals surface area contributed by atoms with Gasteiger partial charge < -0.3 is 5.73 Å². The molecule has 1 fully saturated rings. The number of aliphatic imine (C=N–C) groups is 1. The Morgan fingerprint density at radius 1 is 1.35 bits per heavy atom. The van der Waals surface area contributed by atoms with E-state index in [4.69, 9.17) is 17.3 Å². The minimum absolute atomic E-state index is 0.246. The minimum Gasteiger partial charge on any atom is -0.368 e. The Bertz CT molecular complexity index is 689. The zero-order valence-corrected chi connectivity index (χ0v) is 15.0. The van der Waals surface area contributed by atoms with E-state index in [-0.39, 0.29) is 5.78 Å². The number of hydrazine groups is 1. The second kappa shape index (κ2) is 7.03. The molecule has 2 aliphatic heterocycles. The second-order valence-corrected chi connectivity index (χ2v) is 7.10. The molecule has 1 saturated heterocycles. The van der Waals surface area contributed by atoms with E-state index in [1.54, 1.807) is 6.20 Å². The zero-order valence-electron chi connectivity index (χ0n) is 12.6. The standard InChI is InChI=1S/C16H18BrClN4O/c17-13-4-3-12(15(18)7-13)6-11-8-20-16(19)22(9-11)21-5-1-2-14(23)10-21/h3-4,7-8H,1-2,5-6,9-10H2,(H2,19,20). The predicted octanol–water partition coefficient (Wildman–Crippen LogP) is 2.74. The first kappa shape index (κ1) is 16.5. The summed E-state index contributed by atoms with van der Waals surface area (Å²) in [5.41, 5.74) is 8.17. The molecule has 0 bridgehead atoms. The van der Waals surface area contributed by atoms with Crippen molar-refractivity contribution in [2.24, 2.45) is 10.7 Å². The lowest BCUT2D eigenvalue weighted by Gasteiger charge is -2.39. The number of carbonyl (C=O) groups excluding carboxylic acids is 1. The van der Waals surface area contributed by atoms with Crippen molar-refractivity contribution < 1.29 is 4.79 Å². The molecular weight excluding hydrogens is 380 g/mol. The van der Waals surface area contributed by atoms with Crippen LogP contribution in [-0.4, -0.2) is 41.4 Å². The normalized spacial score (nSPS) is 19.6. The van der Waals surface area contributed by atoms with E-state index in [0.29, 0.717) is 31.9 Å². The summed E-state index contributed by atoms with van der Waals surface area (Å²) in [7, 11) is 0. The molecule has 0 atom stereocenters. The van der Waals surface area contributed by atoms with Gasteiger partial charge in [0, 0.05) is 28.7 Å². The van der Waals surface area contributed by atoms with E-state index in [9.17, 15) is 4.79 Å². The maximum absolute atomic E-state index is 11.7. The predicted molar refractivity (Wildman–Crippen MR) is 95.1 cm³/mol. The summed E-state index contributed by atoms with van der Waals surface area (Å²) >= 11 is 9.71. The van der Waals surface area contributed by atoms with Crippen LogP contribution in [0.3, 0.4) is 0 Å². The molecule has 7 heteroatoms. The molecule has 0 spiro atoms. The Labute approximate surface area is 148 Å². The van der Waals surface area contributed by atoms with E-state index < -0.39 is 0 Å². The van der Waals surface area contributed by atoms with E-state index in [0.717, 1.165) is 33.6 Å². The second-order valence-electron chi connectivity index (χ2n) is 5.78. The van der Waals surface area contributed by atoms with Crippen molar-refractivity contribution in [1.82, 2.24) is 10.0 Å². The molecule has 0 saturated carbocycles. The highest BCUT2D eigenvalue weighted by atomic mass is 79.9. The Morgan fingerprint density at radius 2 is 2.17 bits per heavy atom. The number of piperidine rings is 1. The molecule has 2 heterocycles. The van der Waals surface area contributed by atoms with E-state index in [1.807, 2.05) is 28.2 Å². The van der Waals surface area contributed by atoms with E-state index in [2.05, 4.69) is 20.9 Å². The fourth-order valence-corrected chi connectivity index (χ4v) is 3.56. The maximum Gasteiger partial charge on any atom is 0.211 e. The third kappa shape index (κ3) is 3.94. The van der Waals surface area contributed by atoms with Crippen molar-refractivity contribution >= 4 is 39.3 Å². The number of Topliss-reactive ketones (excluding diaryl/α,β-unsaturated/α-hetero) is 1. The van der Waals surface area contributed by atoms with Gasteiger partial charge in [-0.3, -0.25) is 9.80 Å². The van der Waals surface area contributed by atoms with Gasteiger partial charge in [-0.2, -0.15) is 0 Å². The highest BCUT2D eigenvalue weighted by molar-refractivity contribution is 9.10. The zero-order chi connectivity index (χ0) is 16.4. The van der Waals surface area contributed by atoms with Gasteiger partial charge in [0.05, 0.1) is 13.1 Å². The van der Waals surface area contributed by atoms with Crippen LogP contribution < -0.4 is 5.73 Å². The monoisotopic (exact) mass is 396 g/mol. The van der Waals surface area contributed by atoms with Gasteiger partial charge >= 0.3 is 0 Å². The maximum atomic E-state index is 11.7. The van der Waals surface area contributed by atoms with Gasteiger partial charge in [-0.1, -0.05) is 33.6 Å². The van der Waals surface area contributed by atoms with Crippen LogP contribution >= 0.6 is 27.5 Å². The molecule has 122 valence electrons. The minimum atomic E-state index is 0.246. The van der Waals surface area contributed by atoms with E-state index in [1.165, 1.54) is 0 Å². The third-order valence-corrected chi connectivity index (χ3v) is 4.85. The molecular formula is C16H18BrClN4O. The molecule has 2 N–H and O–H groups in total. The van der Waals surface area contributed by atoms with Crippen molar-refractivity contribution in [3.8, 4) is 0 Å². The number of benzene rings is 1. The number of carbonyl (C=O) groups is 1. The highest BCUT2D eigenvalue weighted by Crippen LogP contribution is 2.25.